The van der Waals surface area contributed by atoms with E-state index in [1.807, 2.05) is 25.1 Å². The molecule has 2 heterocycles. The van der Waals surface area contributed by atoms with Gasteiger partial charge in [0.2, 0.25) is 0 Å². The van der Waals surface area contributed by atoms with Gasteiger partial charge in [0, 0.05) is 30.6 Å². The Hall–Kier alpha value is -1.90. The van der Waals surface area contributed by atoms with Gasteiger partial charge in [-0.15, -0.1) is 0 Å². The maximum absolute atomic E-state index is 12.8. The summed E-state index contributed by atoms with van der Waals surface area (Å²) in [6.07, 6.45) is 4.74. The first kappa shape index (κ1) is 14.7. The van der Waals surface area contributed by atoms with Gasteiger partial charge in [-0.1, -0.05) is 37.3 Å². The molecule has 4 rings (SSSR count). The minimum Gasteiger partial charge on any atom is -0.370 e. The molecule has 1 aromatic rings. The summed E-state index contributed by atoms with van der Waals surface area (Å²) < 4.78 is 0. The van der Waals surface area contributed by atoms with Crippen LogP contribution in [0.2, 0.25) is 0 Å². The number of piperidine rings is 1. The lowest BCUT2D eigenvalue weighted by Gasteiger charge is -2.48. The second-order valence-electron chi connectivity index (χ2n) is 7.17. The van der Waals surface area contributed by atoms with Gasteiger partial charge in [-0.3, -0.25) is 9.59 Å². The molecule has 1 unspecified atom stereocenters. The Morgan fingerprint density at radius 1 is 1.04 bits per heavy atom. The number of carbonyl (C=O) groups excluding carboxylic acids is 2. The maximum atomic E-state index is 12.8. The van der Waals surface area contributed by atoms with E-state index >= 15 is 0 Å². The molecule has 3 atom stereocenters. The highest BCUT2D eigenvalue weighted by atomic mass is 16.2. The molecule has 2 aliphatic heterocycles. The Labute approximate surface area is 137 Å². The van der Waals surface area contributed by atoms with E-state index in [4.69, 9.17) is 0 Å². The molecule has 0 amide bonds. The van der Waals surface area contributed by atoms with Crippen molar-refractivity contribution in [2.45, 2.75) is 51.0 Å². The van der Waals surface area contributed by atoms with Crippen molar-refractivity contribution >= 4 is 11.6 Å². The molecule has 0 saturated carbocycles. The Kier molecular flexibility index (Phi) is 3.59. The summed E-state index contributed by atoms with van der Waals surface area (Å²) in [5, 5.41) is 0. The van der Waals surface area contributed by atoms with Gasteiger partial charge in [-0.05, 0) is 37.2 Å². The van der Waals surface area contributed by atoms with E-state index in [9.17, 15) is 9.59 Å². The van der Waals surface area contributed by atoms with E-state index in [0.717, 1.165) is 25.1 Å². The number of allylic oxidation sites excluding steroid dienone is 2. The van der Waals surface area contributed by atoms with E-state index in [1.165, 1.54) is 18.4 Å². The zero-order chi connectivity index (χ0) is 16.0. The number of hydrogen-bond donors (Lipinski definition) is 0. The van der Waals surface area contributed by atoms with Crippen LogP contribution in [0.5, 0.6) is 0 Å². The Morgan fingerprint density at radius 3 is 2.61 bits per heavy atom. The van der Waals surface area contributed by atoms with Crippen LogP contribution in [0.3, 0.4) is 0 Å². The van der Waals surface area contributed by atoms with Crippen LogP contribution in [0.15, 0.2) is 41.6 Å². The molecule has 1 fully saturated rings. The molecule has 23 heavy (non-hydrogen) atoms. The third kappa shape index (κ3) is 2.34. The SMILES string of the molecule is C[C@@H]1C(=O)C2=C(CC(c3ccccc3)CC2=O)N2CCCC[C@@H]12. The van der Waals surface area contributed by atoms with Crippen LogP contribution in [0.1, 0.15) is 50.5 Å². The van der Waals surface area contributed by atoms with Crippen LogP contribution in [0, 0.1) is 5.92 Å². The third-order valence-corrected chi connectivity index (χ3v) is 5.84. The average Bonchev–Trinajstić information content (AvgIpc) is 2.60. The van der Waals surface area contributed by atoms with E-state index in [2.05, 4.69) is 17.0 Å². The second-order valence-corrected chi connectivity index (χ2v) is 7.17. The molecule has 0 aromatic heterocycles. The molecule has 3 nitrogen and oxygen atoms in total. The molecule has 0 spiro atoms. The van der Waals surface area contributed by atoms with Crippen LogP contribution in [-0.4, -0.2) is 29.1 Å². The molecule has 0 radical (unpaired) electrons. The molecule has 0 N–H and O–H groups in total. The first-order valence-electron chi connectivity index (χ1n) is 8.79. The standard InChI is InChI=1S/C20H23NO2/c1-13-16-9-5-6-10-21(16)17-11-15(14-7-3-2-4-8-14)12-18(22)19(17)20(13)23/h2-4,7-8,13,15-16H,5-6,9-12H2,1H3/t13-,15?,16-/m0/s1. The highest BCUT2D eigenvalue weighted by Gasteiger charge is 2.45. The number of benzene rings is 1. The van der Waals surface area contributed by atoms with Gasteiger partial charge in [0.1, 0.15) is 0 Å². The van der Waals surface area contributed by atoms with Crippen molar-refractivity contribution in [3.63, 3.8) is 0 Å². The molecule has 1 aromatic carbocycles. The molecule has 3 aliphatic rings. The lowest BCUT2D eigenvalue weighted by Crippen LogP contribution is -2.52. The molecular weight excluding hydrogens is 286 g/mol. The largest absolute Gasteiger partial charge is 0.370 e. The monoisotopic (exact) mass is 309 g/mol. The highest BCUT2D eigenvalue weighted by molar-refractivity contribution is 6.22. The molecule has 0 bridgehead atoms. The lowest BCUT2D eigenvalue weighted by molar-refractivity contribution is -0.127. The third-order valence-electron chi connectivity index (χ3n) is 5.84. The summed E-state index contributed by atoms with van der Waals surface area (Å²) >= 11 is 0. The molecule has 3 heteroatoms. The van der Waals surface area contributed by atoms with Crippen LogP contribution in [0.4, 0.5) is 0 Å². The average molecular weight is 309 g/mol. The van der Waals surface area contributed by atoms with Gasteiger partial charge in [-0.25, -0.2) is 0 Å². The summed E-state index contributed by atoms with van der Waals surface area (Å²) in [7, 11) is 0. The topological polar surface area (TPSA) is 37.4 Å². The minimum absolute atomic E-state index is 0.0359. The summed E-state index contributed by atoms with van der Waals surface area (Å²) in [6, 6.07) is 10.6. The zero-order valence-corrected chi connectivity index (χ0v) is 13.6. The van der Waals surface area contributed by atoms with Crippen molar-refractivity contribution in [3.8, 4) is 0 Å². The number of nitrogens with zero attached hydrogens (tertiary/aromatic N) is 1. The number of Topliss-reactive ketones (excluding diaryl/α,β-unsaturated/α-hetero) is 2. The van der Waals surface area contributed by atoms with Crippen LogP contribution in [-0.2, 0) is 9.59 Å². The first-order chi connectivity index (χ1) is 11.2. The van der Waals surface area contributed by atoms with E-state index < -0.39 is 0 Å². The summed E-state index contributed by atoms with van der Waals surface area (Å²) in [4.78, 5) is 27.9. The Bertz CT molecular complexity index is 676. The highest BCUT2D eigenvalue weighted by Crippen LogP contribution is 2.43. The van der Waals surface area contributed by atoms with Gasteiger partial charge >= 0.3 is 0 Å². The Morgan fingerprint density at radius 2 is 1.83 bits per heavy atom. The van der Waals surface area contributed by atoms with Crippen molar-refractivity contribution in [2.24, 2.45) is 5.92 Å². The van der Waals surface area contributed by atoms with Crippen molar-refractivity contribution < 1.29 is 9.59 Å². The number of rotatable bonds is 1. The lowest BCUT2D eigenvalue weighted by atomic mass is 9.73. The van der Waals surface area contributed by atoms with Crippen molar-refractivity contribution in [2.75, 3.05) is 6.54 Å². The molecule has 1 saturated heterocycles. The van der Waals surface area contributed by atoms with Gasteiger partial charge in [0.05, 0.1) is 5.57 Å². The zero-order valence-electron chi connectivity index (χ0n) is 13.6. The van der Waals surface area contributed by atoms with Crippen LogP contribution < -0.4 is 0 Å². The predicted octanol–water partition coefficient (Wildman–Crippen LogP) is 3.46. The first-order valence-corrected chi connectivity index (χ1v) is 8.79. The normalized spacial score (nSPS) is 31.0. The van der Waals surface area contributed by atoms with Crippen LogP contribution >= 0.6 is 0 Å². The number of fused-ring (bicyclic) bond motifs is 2. The number of ketones is 2. The molecular formula is C20H23NO2. The quantitative estimate of drug-likeness (QED) is 0.746. The maximum Gasteiger partial charge on any atom is 0.173 e. The van der Waals surface area contributed by atoms with Crippen molar-refractivity contribution in [1.82, 2.24) is 4.90 Å². The number of carbonyl (C=O) groups is 2. The molecule has 120 valence electrons. The smallest absolute Gasteiger partial charge is 0.173 e. The van der Waals surface area contributed by atoms with Gasteiger partial charge in [0.15, 0.2) is 11.6 Å². The molecule has 1 aliphatic carbocycles. The fourth-order valence-electron chi connectivity index (χ4n) is 4.61. The summed E-state index contributed by atoms with van der Waals surface area (Å²) in [5.74, 6) is 0.332. The number of hydrogen-bond acceptors (Lipinski definition) is 3. The summed E-state index contributed by atoms with van der Waals surface area (Å²) in [5.41, 5.74) is 2.79. The van der Waals surface area contributed by atoms with Gasteiger partial charge in [0.25, 0.3) is 0 Å². The van der Waals surface area contributed by atoms with E-state index in [1.54, 1.807) is 0 Å². The van der Waals surface area contributed by atoms with Crippen molar-refractivity contribution in [1.29, 1.82) is 0 Å². The van der Waals surface area contributed by atoms with Crippen molar-refractivity contribution in [3.05, 3.63) is 47.2 Å². The van der Waals surface area contributed by atoms with Crippen LogP contribution in [0.25, 0.3) is 0 Å². The fraction of sp³-hybridized carbons (Fsp3) is 0.500. The van der Waals surface area contributed by atoms with Gasteiger partial charge < -0.3 is 4.90 Å². The van der Waals surface area contributed by atoms with E-state index in [0.29, 0.717) is 18.0 Å². The summed E-state index contributed by atoms with van der Waals surface area (Å²) in [6.45, 7) is 3.00. The van der Waals surface area contributed by atoms with Gasteiger partial charge in [-0.2, -0.15) is 0 Å². The minimum atomic E-state index is -0.0359. The second kappa shape index (κ2) is 5.63. The fourth-order valence-corrected chi connectivity index (χ4v) is 4.61. The Balaban J connectivity index is 1.74. The van der Waals surface area contributed by atoms with E-state index in [-0.39, 0.29) is 23.4 Å². The predicted molar refractivity (Wildman–Crippen MR) is 89.0 cm³/mol.